The molecule has 0 aromatic heterocycles. The fourth-order valence-corrected chi connectivity index (χ4v) is 4.06. The van der Waals surface area contributed by atoms with Gasteiger partial charge in [0.1, 0.15) is 12.6 Å². The summed E-state index contributed by atoms with van der Waals surface area (Å²) in [5.74, 6) is -0.926. The molecule has 0 spiro atoms. The lowest BCUT2D eigenvalue weighted by Gasteiger charge is -2.31. The van der Waals surface area contributed by atoms with Crippen LogP contribution in [0.2, 0.25) is 10.0 Å². The Morgan fingerprint density at radius 1 is 1.23 bits per heavy atom. The van der Waals surface area contributed by atoms with E-state index >= 15 is 0 Å². The second-order valence-corrected chi connectivity index (χ2v) is 8.83. The zero-order valence-corrected chi connectivity index (χ0v) is 19.3. The second-order valence-electron chi connectivity index (χ2n) is 7.99. The maximum atomic E-state index is 13.4. The summed E-state index contributed by atoms with van der Waals surface area (Å²) < 4.78 is 0. The van der Waals surface area contributed by atoms with Gasteiger partial charge in [-0.05, 0) is 42.9 Å². The number of amides is 4. The minimum absolute atomic E-state index is 0.184. The molecule has 4 N–H and O–H groups in total. The number of halogens is 2. The zero-order valence-electron chi connectivity index (χ0n) is 17.8. The fraction of sp³-hybridized carbons (Fsp3) is 0.571. The van der Waals surface area contributed by atoms with Crippen LogP contribution in [0.4, 0.5) is 10.5 Å². The van der Waals surface area contributed by atoms with E-state index in [2.05, 4.69) is 10.6 Å². The number of hydrogen-bond acceptors (Lipinski definition) is 4. The summed E-state index contributed by atoms with van der Waals surface area (Å²) >= 11 is 12.1. The summed E-state index contributed by atoms with van der Waals surface area (Å²) in [5.41, 5.74) is 1.91. The molecule has 0 heterocycles. The molecule has 1 saturated carbocycles. The van der Waals surface area contributed by atoms with Crippen molar-refractivity contribution >= 4 is 46.7 Å². The topological polar surface area (TPSA) is 111 Å². The molecule has 1 aromatic carbocycles. The number of carbonyl (C=O) groups is 3. The highest BCUT2D eigenvalue weighted by Gasteiger charge is 2.33. The molecule has 1 fully saturated rings. The third kappa shape index (κ3) is 7.55. The highest BCUT2D eigenvalue weighted by atomic mass is 35.5. The number of nitrogens with one attached hydrogen (secondary N) is 3. The molecule has 1 aliphatic carbocycles. The Morgan fingerprint density at radius 3 is 2.52 bits per heavy atom. The smallest absolute Gasteiger partial charge is 0.319 e. The molecule has 4 amide bonds. The number of rotatable bonds is 9. The van der Waals surface area contributed by atoms with Gasteiger partial charge in [-0.25, -0.2) is 10.3 Å². The number of urea groups is 1. The molecule has 1 aromatic rings. The summed E-state index contributed by atoms with van der Waals surface area (Å²) in [7, 11) is 0. The molecule has 31 heavy (non-hydrogen) atoms. The first-order valence-corrected chi connectivity index (χ1v) is 11.2. The summed E-state index contributed by atoms with van der Waals surface area (Å²) in [4.78, 5) is 39.2. The Hall–Kier alpha value is -2.03. The Bertz CT molecular complexity index is 787. The van der Waals surface area contributed by atoms with Crippen molar-refractivity contribution in [3.8, 4) is 0 Å². The molecule has 1 unspecified atom stereocenters. The van der Waals surface area contributed by atoms with Crippen molar-refractivity contribution in [3.63, 3.8) is 0 Å². The Labute approximate surface area is 192 Å². The van der Waals surface area contributed by atoms with Crippen LogP contribution < -0.4 is 16.1 Å². The lowest BCUT2D eigenvalue weighted by molar-refractivity contribution is -0.141. The molecule has 1 aliphatic rings. The van der Waals surface area contributed by atoms with Crippen molar-refractivity contribution in [2.75, 3.05) is 18.4 Å². The molecule has 0 bridgehead atoms. The van der Waals surface area contributed by atoms with Gasteiger partial charge >= 0.3 is 6.03 Å². The lowest BCUT2D eigenvalue weighted by Crippen LogP contribution is -2.55. The van der Waals surface area contributed by atoms with E-state index in [0.29, 0.717) is 34.6 Å². The number of benzene rings is 1. The fourth-order valence-electron chi connectivity index (χ4n) is 3.72. The number of anilines is 1. The quantitative estimate of drug-likeness (QED) is 0.320. The average Bonchev–Trinajstić information content (AvgIpc) is 3.26. The van der Waals surface area contributed by atoms with Crippen molar-refractivity contribution in [1.29, 1.82) is 0 Å². The molecule has 8 nitrogen and oxygen atoms in total. The number of hydroxylamine groups is 1. The largest absolute Gasteiger partial charge is 0.331 e. The zero-order chi connectivity index (χ0) is 23.0. The van der Waals surface area contributed by atoms with E-state index in [-0.39, 0.29) is 18.4 Å². The minimum Gasteiger partial charge on any atom is -0.331 e. The van der Waals surface area contributed by atoms with Gasteiger partial charge in [-0.15, -0.1) is 0 Å². The van der Waals surface area contributed by atoms with Crippen molar-refractivity contribution in [3.05, 3.63) is 28.2 Å². The van der Waals surface area contributed by atoms with Crippen LogP contribution in [0.1, 0.15) is 46.0 Å². The van der Waals surface area contributed by atoms with Crippen LogP contribution in [-0.2, 0) is 9.59 Å². The first kappa shape index (κ1) is 25.2. The predicted molar refractivity (Wildman–Crippen MR) is 120 cm³/mol. The van der Waals surface area contributed by atoms with Crippen LogP contribution in [0.15, 0.2) is 18.2 Å². The van der Waals surface area contributed by atoms with Crippen molar-refractivity contribution in [2.24, 2.45) is 11.8 Å². The van der Waals surface area contributed by atoms with Gasteiger partial charge in [-0.1, -0.05) is 56.3 Å². The van der Waals surface area contributed by atoms with Crippen LogP contribution >= 0.6 is 23.2 Å². The van der Waals surface area contributed by atoms with Crippen LogP contribution in [0, 0.1) is 11.8 Å². The molecule has 0 aliphatic heterocycles. The summed E-state index contributed by atoms with van der Waals surface area (Å²) in [6.45, 7) is 3.90. The van der Waals surface area contributed by atoms with Gasteiger partial charge in [-0.2, -0.15) is 0 Å². The molecule has 10 heteroatoms. The van der Waals surface area contributed by atoms with Gasteiger partial charge in [-0.3, -0.25) is 14.8 Å². The van der Waals surface area contributed by atoms with E-state index in [1.54, 1.807) is 17.6 Å². The van der Waals surface area contributed by atoms with Crippen molar-refractivity contribution < 1.29 is 19.6 Å². The molecule has 2 rings (SSSR count). The van der Waals surface area contributed by atoms with Gasteiger partial charge in [0, 0.05) is 11.6 Å². The molecule has 172 valence electrons. The van der Waals surface area contributed by atoms with Crippen molar-refractivity contribution in [2.45, 2.75) is 52.0 Å². The maximum Gasteiger partial charge on any atom is 0.319 e. The van der Waals surface area contributed by atoms with Crippen LogP contribution in [0.25, 0.3) is 0 Å². The summed E-state index contributed by atoms with van der Waals surface area (Å²) in [6, 6.07) is 3.23. The number of nitrogens with zero attached hydrogens (tertiary/aromatic N) is 1. The summed E-state index contributed by atoms with van der Waals surface area (Å²) in [5, 5.41) is 15.0. The first-order chi connectivity index (χ1) is 14.7. The van der Waals surface area contributed by atoms with E-state index < -0.39 is 18.0 Å². The molecular weight excluding hydrogens is 443 g/mol. The SMILES string of the molecule is CC[C@H](C)C(NC(=O)Nc1cc(Cl)ccc1Cl)C(=O)N(CC(=O)NO)CC1CCCC1. The molecule has 2 atom stereocenters. The minimum atomic E-state index is -0.851. The molecule has 0 saturated heterocycles. The van der Waals surface area contributed by atoms with E-state index in [9.17, 15) is 14.4 Å². The molecule has 0 radical (unpaired) electrons. The van der Waals surface area contributed by atoms with Crippen molar-refractivity contribution in [1.82, 2.24) is 15.7 Å². The third-order valence-electron chi connectivity index (χ3n) is 5.67. The van der Waals surface area contributed by atoms with E-state index in [1.807, 2.05) is 13.8 Å². The van der Waals surface area contributed by atoms with Crippen LogP contribution in [0.5, 0.6) is 0 Å². The number of carbonyl (C=O) groups excluding carboxylic acids is 3. The normalized spacial score (nSPS) is 15.8. The Morgan fingerprint density at radius 2 is 1.90 bits per heavy atom. The maximum absolute atomic E-state index is 13.4. The Balaban J connectivity index is 2.16. The lowest BCUT2D eigenvalue weighted by atomic mass is 9.97. The van der Waals surface area contributed by atoms with Gasteiger partial charge < -0.3 is 15.5 Å². The van der Waals surface area contributed by atoms with Gasteiger partial charge in [0.05, 0.1) is 10.7 Å². The van der Waals surface area contributed by atoms with Crippen LogP contribution in [0.3, 0.4) is 0 Å². The van der Waals surface area contributed by atoms with E-state index in [4.69, 9.17) is 28.4 Å². The third-order valence-corrected chi connectivity index (χ3v) is 6.23. The van der Waals surface area contributed by atoms with Gasteiger partial charge in [0.2, 0.25) is 5.91 Å². The van der Waals surface area contributed by atoms with E-state index in [0.717, 1.165) is 25.7 Å². The van der Waals surface area contributed by atoms with Gasteiger partial charge in [0.25, 0.3) is 5.91 Å². The Kier molecular flexibility index (Phi) is 9.87. The molecular formula is C21H30Cl2N4O4. The van der Waals surface area contributed by atoms with Gasteiger partial charge in [0.15, 0.2) is 0 Å². The standard InChI is InChI=1S/C21H30Cl2N4O4/c1-3-13(2)19(25-21(30)24-17-10-15(22)8-9-16(17)23)20(29)27(12-18(28)26-31)11-14-6-4-5-7-14/h8-10,13-14,19,31H,3-7,11-12H2,1-2H3,(H,26,28)(H2,24,25,30)/t13-,19?/m0/s1. The van der Waals surface area contributed by atoms with Crippen LogP contribution in [-0.4, -0.2) is 47.1 Å². The number of hydrogen-bond donors (Lipinski definition) is 4. The average molecular weight is 473 g/mol. The highest BCUT2D eigenvalue weighted by molar-refractivity contribution is 6.35. The summed E-state index contributed by atoms with van der Waals surface area (Å²) in [6.07, 6.45) is 4.79. The van der Waals surface area contributed by atoms with E-state index in [1.165, 1.54) is 11.0 Å². The second kappa shape index (κ2) is 12.1. The predicted octanol–water partition coefficient (Wildman–Crippen LogP) is 4.05. The monoisotopic (exact) mass is 472 g/mol. The highest BCUT2D eigenvalue weighted by Crippen LogP contribution is 2.27. The first-order valence-electron chi connectivity index (χ1n) is 10.5.